The third-order valence-electron chi connectivity index (χ3n) is 3.08. The number of aromatic hydroxyl groups is 1. The quantitative estimate of drug-likeness (QED) is 0.698. The molecule has 0 saturated heterocycles. The van der Waals surface area contributed by atoms with E-state index in [1.807, 2.05) is 0 Å². The third-order valence-corrected chi connectivity index (χ3v) is 3.08. The van der Waals surface area contributed by atoms with Gasteiger partial charge in [0.2, 0.25) is 5.88 Å². The van der Waals surface area contributed by atoms with E-state index in [4.69, 9.17) is 4.42 Å². The number of rotatable bonds is 1. The van der Waals surface area contributed by atoms with Crippen LogP contribution in [0.5, 0.6) is 5.88 Å². The molecule has 3 aromatic rings. The van der Waals surface area contributed by atoms with Crippen LogP contribution in [0, 0.1) is 23.5 Å². The van der Waals surface area contributed by atoms with Crippen LogP contribution in [0.15, 0.2) is 57.7 Å². The van der Waals surface area contributed by atoms with Gasteiger partial charge in [-0.25, -0.2) is 13.6 Å². The summed E-state index contributed by atoms with van der Waals surface area (Å²) in [4.78, 5) is 15.7. The first kappa shape index (κ1) is 15.4. The van der Waals surface area contributed by atoms with Gasteiger partial charge in [0.05, 0.1) is 0 Å². The molecule has 24 heavy (non-hydrogen) atoms. The lowest BCUT2D eigenvalue weighted by Crippen LogP contribution is -2.06. The summed E-state index contributed by atoms with van der Waals surface area (Å²) < 4.78 is 31.2. The Morgan fingerprint density at radius 3 is 2.38 bits per heavy atom. The zero-order valence-electron chi connectivity index (χ0n) is 12.1. The maximum absolute atomic E-state index is 13.2. The molecular formula is C18H9F2NO3. The highest BCUT2D eigenvalue weighted by Gasteiger charge is 2.14. The summed E-state index contributed by atoms with van der Waals surface area (Å²) in [6, 6.07) is 10.6. The molecule has 2 aromatic carbocycles. The second-order valence-corrected chi connectivity index (χ2v) is 4.78. The molecule has 0 aliphatic carbocycles. The fraction of sp³-hybridized carbons (Fsp3) is 0. The van der Waals surface area contributed by atoms with Gasteiger partial charge in [-0.3, -0.25) is 0 Å². The minimum atomic E-state index is -0.906. The molecule has 0 fully saturated rings. The van der Waals surface area contributed by atoms with Crippen LogP contribution in [0.25, 0.3) is 11.1 Å². The van der Waals surface area contributed by atoms with Crippen molar-refractivity contribution in [2.75, 3.05) is 0 Å². The zero-order valence-corrected chi connectivity index (χ0v) is 12.1. The molecule has 0 spiro atoms. The third kappa shape index (κ3) is 3.31. The van der Waals surface area contributed by atoms with E-state index >= 15 is 0 Å². The van der Waals surface area contributed by atoms with Gasteiger partial charge in [-0.05, 0) is 41.8 Å². The summed E-state index contributed by atoms with van der Waals surface area (Å²) in [7, 11) is 0. The minimum Gasteiger partial charge on any atom is -0.493 e. The van der Waals surface area contributed by atoms with Gasteiger partial charge in [0.15, 0.2) is 0 Å². The Labute approximate surface area is 135 Å². The summed E-state index contributed by atoms with van der Waals surface area (Å²) in [5.41, 5.74) is -0.672. The van der Waals surface area contributed by atoms with Crippen LogP contribution in [0.4, 0.5) is 8.78 Å². The standard InChI is InChI=1S/C18H9F2NO3/c19-13-5-1-3-11(9-13)7-8-15-21-17(22)16(18(23)24-15)12-4-2-6-14(20)10-12/h1-6,9-10,22H. The van der Waals surface area contributed by atoms with E-state index in [1.165, 1.54) is 36.4 Å². The first-order valence-corrected chi connectivity index (χ1v) is 6.80. The molecule has 1 heterocycles. The van der Waals surface area contributed by atoms with Gasteiger partial charge in [-0.2, -0.15) is 4.98 Å². The van der Waals surface area contributed by atoms with Crippen molar-refractivity contribution in [3.63, 3.8) is 0 Å². The smallest absolute Gasteiger partial charge is 0.351 e. The van der Waals surface area contributed by atoms with E-state index in [0.29, 0.717) is 5.56 Å². The normalized spacial score (nSPS) is 10.1. The Kier molecular flexibility index (Phi) is 4.08. The lowest BCUT2D eigenvalue weighted by Gasteiger charge is -2.02. The molecular weight excluding hydrogens is 316 g/mol. The van der Waals surface area contributed by atoms with Crippen LogP contribution in [-0.4, -0.2) is 10.1 Å². The maximum atomic E-state index is 13.2. The van der Waals surface area contributed by atoms with Crippen LogP contribution in [0.1, 0.15) is 11.5 Å². The lowest BCUT2D eigenvalue weighted by atomic mass is 10.1. The zero-order chi connectivity index (χ0) is 17.1. The first-order valence-electron chi connectivity index (χ1n) is 6.80. The Hall–Kier alpha value is -3.46. The number of hydrogen-bond acceptors (Lipinski definition) is 4. The number of aromatic nitrogens is 1. The van der Waals surface area contributed by atoms with E-state index in [0.717, 1.165) is 6.07 Å². The minimum absolute atomic E-state index is 0.137. The largest absolute Gasteiger partial charge is 0.493 e. The molecule has 6 heteroatoms. The van der Waals surface area contributed by atoms with Crippen molar-refractivity contribution >= 4 is 0 Å². The highest BCUT2D eigenvalue weighted by Crippen LogP contribution is 2.24. The summed E-state index contributed by atoms with van der Waals surface area (Å²) in [5.74, 6) is 3.02. The predicted molar refractivity (Wildman–Crippen MR) is 82.2 cm³/mol. The second-order valence-electron chi connectivity index (χ2n) is 4.78. The summed E-state index contributed by atoms with van der Waals surface area (Å²) in [6.07, 6.45) is 0. The van der Waals surface area contributed by atoms with Crippen molar-refractivity contribution in [2.24, 2.45) is 0 Å². The molecule has 3 rings (SSSR count). The molecule has 0 unspecified atom stereocenters. The summed E-state index contributed by atoms with van der Waals surface area (Å²) in [5, 5.41) is 9.94. The van der Waals surface area contributed by atoms with Gasteiger partial charge in [-0.15, -0.1) is 0 Å². The number of nitrogens with zero attached hydrogens (tertiary/aromatic N) is 1. The number of benzene rings is 2. The monoisotopic (exact) mass is 325 g/mol. The van der Waals surface area contributed by atoms with Gasteiger partial charge < -0.3 is 9.52 Å². The average molecular weight is 325 g/mol. The van der Waals surface area contributed by atoms with Gasteiger partial charge >= 0.3 is 5.63 Å². The molecule has 0 radical (unpaired) electrons. The topological polar surface area (TPSA) is 63.3 Å². The van der Waals surface area contributed by atoms with Crippen LogP contribution in [0.3, 0.4) is 0 Å². The first-order chi connectivity index (χ1) is 11.5. The van der Waals surface area contributed by atoms with E-state index in [1.54, 1.807) is 6.07 Å². The van der Waals surface area contributed by atoms with Crippen molar-refractivity contribution in [1.82, 2.24) is 4.98 Å². The van der Waals surface area contributed by atoms with E-state index in [9.17, 15) is 18.7 Å². The Morgan fingerprint density at radius 1 is 1.00 bits per heavy atom. The van der Waals surface area contributed by atoms with E-state index < -0.39 is 23.1 Å². The van der Waals surface area contributed by atoms with Gasteiger partial charge in [0.25, 0.3) is 5.89 Å². The Morgan fingerprint density at radius 2 is 1.71 bits per heavy atom. The van der Waals surface area contributed by atoms with Gasteiger partial charge in [0.1, 0.15) is 17.2 Å². The van der Waals surface area contributed by atoms with Crippen LogP contribution >= 0.6 is 0 Å². The molecule has 0 atom stereocenters. The van der Waals surface area contributed by atoms with Crippen LogP contribution < -0.4 is 5.63 Å². The number of halogens is 2. The van der Waals surface area contributed by atoms with Crippen LogP contribution in [-0.2, 0) is 0 Å². The molecule has 0 amide bonds. The Balaban J connectivity index is 2.01. The predicted octanol–water partition coefficient (Wildman–Crippen LogP) is 3.09. The summed E-state index contributed by atoms with van der Waals surface area (Å²) in [6.45, 7) is 0. The van der Waals surface area contributed by atoms with Crippen molar-refractivity contribution in [3.8, 4) is 28.8 Å². The molecule has 1 N–H and O–H groups in total. The van der Waals surface area contributed by atoms with E-state index in [2.05, 4.69) is 16.8 Å². The van der Waals surface area contributed by atoms with E-state index in [-0.39, 0.29) is 17.0 Å². The fourth-order valence-corrected chi connectivity index (χ4v) is 2.04. The summed E-state index contributed by atoms with van der Waals surface area (Å²) >= 11 is 0. The molecule has 1 aromatic heterocycles. The number of hydrogen-bond donors (Lipinski definition) is 1. The highest BCUT2D eigenvalue weighted by atomic mass is 19.1. The maximum Gasteiger partial charge on any atom is 0.351 e. The van der Waals surface area contributed by atoms with Crippen LogP contribution in [0.2, 0.25) is 0 Å². The molecule has 0 aliphatic rings. The molecule has 0 saturated carbocycles. The molecule has 0 aliphatic heterocycles. The highest BCUT2D eigenvalue weighted by molar-refractivity contribution is 5.66. The van der Waals surface area contributed by atoms with Crippen molar-refractivity contribution < 1.29 is 18.3 Å². The second kappa shape index (κ2) is 6.34. The van der Waals surface area contributed by atoms with Gasteiger partial charge in [-0.1, -0.05) is 24.1 Å². The lowest BCUT2D eigenvalue weighted by molar-refractivity contribution is 0.412. The SMILES string of the molecule is O=c1oc(C#Cc2cccc(F)c2)nc(O)c1-c1cccc(F)c1. The van der Waals surface area contributed by atoms with Crippen molar-refractivity contribution in [1.29, 1.82) is 0 Å². The van der Waals surface area contributed by atoms with Crippen molar-refractivity contribution in [2.45, 2.75) is 0 Å². The molecule has 0 bridgehead atoms. The fourth-order valence-electron chi connectivity index (χ4n) is 2.04. The molecule has 4 nitrogen and oxygen atoms in total. The molecule has 118 valence electrons. The van der Waals surface area contributed by atoms with Gasteiger partial charge in [0, 0.05) is 5.56 Å². The average Bonchev–Trinajstić information content (AvgIpc) is 2.52. The van der Waals surface area contributed by atoms with Crippen molar-refractivity contribution in [3.05, 3.63) is 82.0 Å². The Bertz CT molecular complexity index is 1030.